The van der Waals surface area contributed by atoms with Crippen LogP contribution >= 0.6 is 0 Å². The Bertz CT molecular complexity index is 114. The van der Waals surface area contributed by atoms with E-state index in [-0.39, 0.29) is 6.04 Å². The fourth-order valence-corrected chi connectivity index (χ4v) is 0.895. The van der Waals surface area contributed by atoms with E-state index in [0.717, 1.165) is 6.54 Å². The number of hydrogen-bond donors (Lipinski definition) is 1. The van der Waals surface area contributed by atoms with Crippen LogP contribution in [0.15, 0.2) is 0 Å². The molecule has 10 heavy (non-hydrogen) atoms. The zero-order valence-corrected chi connectivity index (χ0v) is 6.79. The Morgan fingerprint density at radius 1 is 1.60 bits per heavy atom. The summed E-state index contributed by atoms with van der Waals surface area (Å²) in [6, 6.07) is -0.315. The molecule has 0 aromatic carbocycles. The molecule has 0 aromatic rings. The van der Waals surface area contributed by atoms with E-state index >= 15 is 0 Å². The van der Waals surface area contributed by atoms with Gasteiger partial charge in [0.1, 0.15) is 6.04 Å². The van der Waals surface area contributed by atoms with Crippen LogP contribution < -0.4 is 0 Å². The first-order valence-electron chi connectivity index (χ1n) is 3.56. The molecule has 0 spiro atoms. The van der Waals surface area contributed by atoms with Gasteiger partial charge < -0.3 is 5.11 Å². The number of likely N-dealkylation sites (N-methyl/N-ethyl adjacent to an activating group) is 1. The molecule has 0 aliphatic heterocycles. The SMILES string of the molecule is CCC(C(=O)O)N(C)CC. The molecule has 3 nitrogen and oxygen atoms in total. The fraction of sp³-hybridized carbons (Fsp3) is 0.857. The Labute approximate surface area is 61.6 Å². The quantitative estimate of drug-likeness (QED) is 0.636. The first-order valence-corrected chi connectivity index (χ1v) is 3.56. The summed E-state index contributed by atoms with van der Waals surface area (Å²) < 4.78 is 0. The molecular weight excluding hydrogens is 130 g/mol. The van der Waals surface area contributed by atoms with Gasteiger partial charge in [0.2, 0.25) is 0 Å². The van der Waals surface area contributed by atoms with Crippen molar-refractivity contribution in [1.82, 2.24) is 4.90 Å². The van der Waals surface area contributed by atoms with Crippen molar-refractivity contribution in [2.75, 3.05) is 13.6 Å². The zero-order valence-electron chi connectivity index (χ0n) is 6.79. The molecule has 0 bridgehead atoms. The Morgan fingerprint density at radius 3 is 2.20 bits per heavy atom. The highest BCUT2D eigenvalue weighted by atomic mass is 16.4. The number of nitrogens with zero attached hydrogens (tertiary/aromatic N) is 1. The van der Waals surface area contributed by atoms with E-state index in [4.69, 9.17) is 5.11 Å². The van der Waals surface area contributed by atoms with Gasteiger partial charge in [-0.1, -0.05) is 13.8 Å². The van der Waals surface area contributed by atoms with Gasteiger partial charge in [-0.05, 0) is 20.0 Å². The number of carboxylic acid groups (broad SMARTS) is 1. The maximum absolute atomic E-state index is 10.5. The van der Waals surface area contributed by atoms with Gasteiger partial charge in [0.25, 0.3) is 0 Å². The third-order valence-electron chi connectivity index (χ3n) is 1.70. The molecular formula is C7H15NO2. The third-order valence-corrected chi connectivity index (χ3v) is 1.70. The first kappa shape index (κ1) is 9.43. The smallest absolute Gasteiger partial charge is 0.320 e. The summed E-state index contributed by atoms with van der Waals surface area (Å²) in [5, 5.41) is 8.63. The molecule has 1 atom stereocenters. The van der Waals surface area contributed by atoms with Crippen LogP contribution in [0.4, 0.5) is 0 Å². The monoisotopic (exact) mass is 145 g/mol. The number of carboxylic acids is 1. The standard InChI is InChI=1S/C7H15NO2/c1-4-6(7(9)10)8(3)5-2/h6H,4-5H2,1-3H3,(H,9,10). The Morgan fingerprint density at radius 2 is 2.10 bits per heavy atom. The van der Waals surface area contributed by atoms with E-state index in [0.29, 0.717) is 6.42 Å². The van der Waals surface area contributed by atoms with E-state index in [1.165, 1.54) is 0 Å². The van der Waals surface area contributed by atoms with Crippen molar-refractivity contribution < 1.29 is 9.90 Å². The van der Waals surface area contributed by atoms with Crippen molar-refractivity contribution in [3.63, 3.8) is 0 Å². The summed E-state index contributed by atoms with van der Waals surface area (Å²) >= 11 is 0. The second-order valence-corrected chi connectivity index (χ2v) is 2.34. The zero-order chi connectivity index (χ0) is 8.15. The molecule has 0 saturated carbocycles. The summed E-state index contributed by atoms with van der Waals surface area (Å²) in [5.74, 6) is -0.730. The van der Waals surface area contributed by atoms with E-state index in [1.54, 1.807) is 0 Å². The van der Waals surface area contributed by atoms with Crippen LogP contribution in [-0.4, -0.2) is 35.6 Å². The van der Waals surface area contributed by atoms with Crippen molar-refractivity contribution in [2.24, 2.45) is 0 Å². The molecule has 60 valence electrons. The highest BCUT2D eigenvalue weighted by molar-refractivity contribution is 5.73. The highest BCUT2D eigenvalue weighted by Crippen LogP contribution is 1.99. The molecule has 0 heterocycles. The van der Waals surface area contributed by atoms with Gasteiger partial charge in [-0.15, -0.1) is 0 Å². The van der Waals surface area contributed by atoms with Crippen LogP contribution in [0, 0.1) is 0 Å². The Hall–Kier alpha value is -0.570. The predicted molar refractivity (Wildman–Crippen MR) is 40.0 cm³/mol. The number of carbonyl (C=O) groups is 1. The molecule has 0 amide bonds. The lowest BCUT2D eigenvalue weighted by atomic mass is 10.2. The highest BCUT2D eigenvalue weighted by Gasteiger charge is 2.17. The van der Waals surface area contributed by atoms with E-state index in [9.17, 15) is 4.79 Å². The largest absolute Gasteiger partial charge is 0.480 e. The lowest BCUT2D eigenvalue weighted by molar-refractivity contribution is -0.142. The predicted octanol–water partition coefficient (Wildman–Crippen LogP) is 0.801. The van der Waals surface area contributed by atoms with Crippen LogP contribution in [0.25, 0.3) is 0 Å². The van der Waals surface area contributed by atoms with Crippen molar-refractivity contribution in [1.29, 1.82) is 0 Å². The van der Waals surface area contributed by atoms with Crippen molar-refractivity contribution in [3.8, 4) is 0 Å². The minimum Gasteiger partial charge on any atom is -0.480 e. The summed E-state index contributed by atoms with van der Waals surface area (Å²) in [4.78, 5) is 12.3. The summed E-state index contributed by atoms with van der Waals surface area (Å²) in [5.41, 5.74) is 0. The number of aliphatic carboxylic acids is 1. The van der Waals surface area contributed by atoms with Crippen LogP contribution in [0.3, 0.4) is 0 Å². The summed E-state index contributed by atoms with van der Waals surface area (Å²) in [6.07, 6.45) is 0.666. The molecule has 3 heteroatoms. The lowest BCUT2D eigenvalue weighted by Crippen LogP contribution is -2.37. The average Bonchev–Trinajstić information content (AvgIpc) is 1.88. The maximum Gasteiger partial charge on any atom is 0.320 e. The third kappa shape index (κ3) is 2.35. The molecule has 0 aliphatic rings. The van der Waals surface area contributed by atoms with Gasteiger partial charge >= 0.3 is 5.97 Å². The molecule has 0 aromatic heterocycles. The number of rotatable bonds is 4. The summed E-state index contributed by atoms with van der Waals surface area (Å²) in [6.45, 7) is 4.61. The Balaban J connectivity index is 3.92. The van der Waals surface area contributed by atoms with E-state index in [2.05, 4.69) is 0 Å². The van der Waals surface area contributed by atoms with Gasteiger partial charge in [0, 0.05) is 0 Å². The Kier molecular flexibility index (Phi) is 4.03. The second-order valence-electron chi connectivity index (χ2n) is 2.34. The van der Waals surface area contributed by atoms with Gasteiger partial charge in [0.15, 0.2) is 0 Å². The van der Waals surface area contributed by atoms with Crippen molar-refractivity contribution in [2.45, 2.75) is 26.3 Å². The first-order chi connectivity index (χ1) is 4.63. The number of hydrogen-bond acceptors (Lipinski definition) is 2. The van der Waals surface area contributed by atoms with Gasteiger partial charge in [-0.2, -0.15) is 0 Å². The molecule has 0 rings (SSSR count). The summed E-state index contributed by atoms with van der Waals surface area (Å²) in [7, 11) is 1.82. The molecule has 0 saturated heterocycles. The van der Waals surface area contributed by atoms with E-state index < -0.39 is 5.97 Å². The molecule has 1 N–H and O–H groups in total. The van der Waals surface area contributed by atoms with Crippen molar-refractivity contribution >= 4 is 5.97 Å². The lowest BCUT2D eigenvalue weighted by Gasteiger charge is -2.20. The molecule has 0 fully saturated rings. The minimum absolute atomic E-state index is 0.315. The van der Waals surface area contributed by atoms with Crippen LogP contribution in [0.2, 0.25) is 0 Å². The average molecular weight is 145 g/mol. The maximum atomic E-state index is 10.5. The van der Waals surface area contributed by atoms with Gasteiger partial charge in [0.05, 0.1) is 0 Å². The van der Waals surface area contributed by atoms with Gasteiger partial charge in [-0.25, -0.2) is 0 Å². The topological polar surface area (TPSA) is 40.5 Å². The van der Waals surface area contributed by atoms with Crippen LogP contribution in [0.5, 0.6) is 0 Å². The molecule has 1 unspecified atom stereocenters. The van der Waals surface area contributed by atoms with Crippen molar-refractivity contribution in [3.05, 3.63) is 0 Å². The van der Waals surface area contributed by atoms with Crippen LogP contribution in [0.1, 0.15) is 20.3 Å². The molecule has 0 aliphatic carbocycles. The van der Waals surface area contributed by atoms with Gasteiger partial charge in [-0.3, -0.25) is 9.69 Å². The molecule has 0 radical (unpaired) electrons. The second kappa shape index (κ2) is 4.28. The van der Waals surface area contributed by atoms with E-state index in [1.807, 2.05) is 25.8 Å². The normalized spacial score (nSPS) is 13.6. The fourth-order valence-electron chi connectivity index (χ4n) is 0.895. The van der Waals surface area contributed by atoms with Crippen LogP contribution in [-0.2, 0) is 4.79 Å². The minimum atomic E-state index is -0.730.